The van der Waals surface area contributed by atoms with E-state index < -0.39 is 5.60 Å². The molecule has 3 heteroatoms. The zero-order chi connectivity index (χ0) is 17.6. The molecule has 2 aliphatic rings. The molecule has 0 aliphatic carbocycles. The maximum absolute atomic E-state index is 12.4. The van der Waals surface area contributed by atoms with Crippen LogP contribution in [-0.4, -0.2) is 28.7 Å². The number of hydrogen-bond acceptors (Lipinski definition) is 2. The van der Waals surface area contributed by atoms with Crippen LogP contribution in [0.3, 0.4) is 0 Å². The van der Waals surface area contributed by atoms with E-state index in [1.807, 2.05) is 25.7 Å². The van der Waals surface area contributed by atoms with E-state index in [2.05, 4.69) is 13.0 Å². The molecular weight excluding hydrogens is 298 g/mol. The number of unbranched alkanes of at least 4 members (excludes halogenated alkanes) is 6. The van der Waals surface area contributed by atoms with Gasteiger partial charge in [0, 0.05) is 6.04 Å². The fourth-order valence-corrected chi connectivity index (χ4v) is 4.01. The first-order valence-electron chi connectivity index (χ1n) is 10.1. The molecule has 2 unspecified atom stereocenters. The number of carbonyl (C=O) groups excluding carboxylic acids is 1. The first kappa shape index (κ1) is 19.3. The van der Waals surface area contributed by atoms with Crippen molar-refractivity contribution in [3.8, 4) is 0 Å². The van der Waals surface area contributed by atoms with Crippen LogP contribution in [-0.2, 0) is 4.74 Å². The Balaban J connectivity index is 1.74. The average Bonchev–Trinajstić information content (AvgIpc) is 2.76. The fourth-order valence-electron chi connectivity index (χ4n) is 4.01. The third-order valence-electron chi connectivity index (χ3n) is 5.18. The summed E-state index contributed by atoms with van der Waals surface area (Å²) in [6, 6.07) is 0.646. The second-order valence-corrected chi connectivity index (χ2v) is 8.59. The van der Waals surface area contributed by atoms with Crippen LogP contribution in [0.5, 0.6) is 0 Å². The molecule has 138 valence electrons. The quantitative estimate of drug-likeness (QED) is 0.389. The Bertz CT molecular complexity index is 436. The molecule has 0 radical (unpaired) electrons. The van der Waals surface area contributed by atoms with Crippen molar-refractivity contribution < 1.29 is 9.53 Å². The molecule has 0 saturated carbocycles. The number of hydrogen-bond donors (Lipinski definition) is 0. The summed E-state index contributed by atoms with van der Waals surface area (Å²) in [5.74, 6) is 0. The summed E-state index contributed by atoms with van der Waals surface area (Å²) in [4.78, 5) is 14.4. The van der Waals surface area contributed by atoms with E-state index in [1.165, 1.54) is 51.4 Å². The first-order valence-corrected chi connectivity index (χ1v) is 10.1. The molecule has 2 heterocycles. The summed E-state index contributed by atoms with van der Waals surface area (Å²) in [7, 11) is 0. The molecule has 0 N–H and O–H groups in total. The molecule has 2 aliphatic heterocycles. The maximum Gasteiger partial charge on any atom is 0.411 e. The van der Waals surface area contributed by atoms with Gasteiger partial charge >= 0.3 is 6.09 Å². The van der Waals surface area contributed by atoms with Crippen LogP contribution >= 0.6 is 0 Å². The van der Waals surface area contributed by atoms with E-state index in [4.69, 9.17) is 4.74 Å². The summed E-state index contributed by atoms with van der Waals surface area (Å²) in [5.41, 5.74) is 1.18. The topological polar surface area (TPSA) is 29.5 Å². The lowest BCUT2D eigenvalue weighted by Crippen LogP contribution is -2.45. The van der Waals surface area contributed by atoms with Crippen LogP contribution in [0.25, 0.3) is 0 Å². The molecule has 0 aromatic rings. The van der Waals surface area contributed by atoms with Gasteiger partial charge in [-0.25, -0.2) is 4.79 Å². The van der Waals surface area contributed by atoms with Gasteiger partial charge in [-0.3, -0.25) is 4.90 Å². The van der Waals surface area contributed by atoms with Gasteiger partial charge in [0.25, 0.3) is 0 Å². The van der Waals surface area contributed by atoms with Crippen molar-refractivity contribution >= 4 is 6.09 Å². The summed E-state index contributed by atoms with van der Waals surface area (Å²) < 4.78 is 5.60. The molecule has 0 spiro atoms. The lowest BCUT2D eigenvalue weighted by molar-refractivity contribution is 0.0166. The maximum atomic E-state index is 12.4. The van der Waals surface area contributed by atoms with Gasteiger partial charge in [-0.1, -0.05) is 57.1 Å². The highest BCUT2D eigenvalue weighted by Gasteiger charge is 2.41. The van der Waals surface area contributed by atoms with E-state index in [0.717, 1.165) is 19.3 Å². The van der Waals surface area contributed by atoms with Gasteiger partial charge in [0.1, 0.15) is 5.60 Å². The lowest BCUT2D eigenvalue weighted by Gasteiger charge is -2.35. The molecule has 2 rings (SSSR count). The van der Waals surface area contributed by atoms with Crippen LogP contribution in [0.15, 0.2) is 11.6 Å². The highest BCUT2D eigenvalue weighted by Crippen LogP contribution is 2.37. The Labute approximate surface area is 148 Å². The molecule has 1 fully saturated rings. The van der Waals surface area contributed by atoms with E-state index in [9.17, 15) is 4.79 Å². The molecule has 1 saturated heterocycles. The number of ether oxygens (including phenoxy) is 1. The van der Waals surface area contributed by atoms with Crippen molar-refractivity contribution in [2.24, 2.45) is 0 Å². The third kappa shape index (κ3) is 5.82. The molecule has 0 aromatic heterocycles. The Kier molecular flexibility index (Phi) is 7.18. The largest absolute Gasteiger partial charge is 0.444 e. The second kappa shape index (κ2) is 8.92. The van der Waals surface area contributed by atoms with Crippen molar-refractivity contribution in [1.29, 1.82) is 0 Å². The minimum Gasteiger partial charge on any atom is -0.444 e. The summed E-state index contributed by atoms with van der Waals surface area (Å²) in [6.07, 6.45) is 16.3. The summed E-state index contributed by atoms with van der Waals surface area (Å²) in [5, 5.41) is 0. The van der Waals surface area contributed by atoms with Gasteiger partial charge in [-0.05, 0) is 52.9 Å². The van der Waals surface area contributed by atoms with E-state index in [1.54, 1.807) is 5.57 Å². The monoisotopic (exact) mass is 335 g/mol. The van der Waals surface area contributed by atoms with E-state index in [-0.39, 0.29) is 12.1 Å². The standard InChI is InChI=1S/C21H37NO2/c1-5-6-7-8-9-10-11-12-17-15-18-13-14-19(16-17)22(18)20(23)24-21(2,3)4/h15,18-19H,5-14,16H2,1-4H3. The smallest absolute Gasteiger partial charge is 0.411 e. The normalized spacial score (nSPS) is 23.3. The van der Waals surface area contributed by atoms with Crippen LogP contribution in [0.4, 0.5) is 4.79 Å². The van der Waals surface area contributed by atoms with E-state index in [0.29, 0.717) is 6.04 Å². The minimum atomic E-state index is -0.404. The fraction of sp³-hybridized carbons (Fsp3) is 0.857. The van der Waals surface area contributed by atoms with Crippen LogP contribution in [0.2, 0.25) is 0 Å². The summed E-state index contributed by atoms with van der Waals surface area (Å²) >= 11 is 0. The van der Waals surface area contributed by atoms with Crippen LogP contribution in [0, 0.1) is 0 Å². The van der Waals surface area contributed by atoms with Crippen molar-refractivity contribution in [3.05, 3.63) is 11.6 Å². The SMILES string of the molecule is CCCCCCCCCC1=CC2CCC(C1)N2C(=O)OC(C)(C)C. The van der Waals surface area contributed by atoms with Crippen molar-refractivity contribution in [2.75, 3.05) is 0 Å². The number of rotatable bonds is 8. The Morgan fingerprint density at radius 3 is 2.42 bits per heavy atom. The van der Waals surface area contributed by atoms with Crippen molar-refractivity contribution in [1.82, 2.24) is 4.90 Å². The second-order valence-electron chi connectivity index (χ2n) is 8.59. The van der Waals surface area contributed by atoms with Crippen LogP contribution in [0.1, 0.15) is 98.3 Å². The van der Waals surface area contributed by atoms with Crippen LogP contribution < -0.4 is 0 Å². The lowest BCUT2D eigenvalue weighted by atomic mass is 9.96. The highest BCUT2D eigenvalue weighted by molar-refractivity contribution is 5.70. The summed E-state index contributed by atoms with van der Waals surface area (Å²) in [6.45, 7) is 8.10. The molecule has 2 bridgehead atoms. The van der Waals surface area contributed by atoms with E-state index >= 15 is 0 Å². The van der Waals surface area contributed by atoms with Crippen molar-refractivity contribution in [2.45, 2.75) is 116 Å². The first-order chi connectivity index (χ1) is 11.4. The van der Waals surface area contributed by atoms with Gasteiger partial charge in [0.05, 0.1) is 6.04 Å². The molecule has 0 aromatic carbocycles. The predicted molar refractivity (Wildman–Crippen MR) is 100 cm³/mol. The molecule has 1 amide bonds. The third-order valence-corrected chi connectivity index (χ3v) is 5.18. The number of carbonyl (C=O) groups is 1. The number of nitrogens with zero attached hydrogens (tertiary/aromatic N) is 1. The minimum absolute atomic E-state index is 0.124. The predicted octanol–water partition coefficient (Wildman–Crippen LogP) is 6.23. The Morgan fingerprint density at radius 1 is 1.12 bits per heavy atom. The average molecular weight is 336 g/mol. The zero-order valence-electron chi connectivity index (χ0n) is 16.3. The van der Waals surface area contributed by atoms with Crippen molar-refractivity contribution in [3.63, 3.8) is 0 Å². The molecule has 3 nitrogen and oxygen atoms in total. The van der Waals surface area contributed by atoms with Gasteiger partial charge in [-0.2, -0.15) is 0 Å². The van der Waals surface area contributed by atoms with Gasteiger partial charge in [0.15, 0.2) is 0 Å². The molecular formula is C21H37NO2. The van der Waals surface area contributed by atoms with Gasteiger partial charge < -0.3 is 4.74 Å². The van der Waals surface area contributed by atoms with Gasteiger partial charge in [0.2, 0.25) is 0 Å². The molecule has 24 heavy (non-hydrogen) atoms. The van der Waals surface area contributed by atoms with Gasteiger partial charge in [-0.15, -0.1) is 0 Å². The molecule has 2 atom stereocenters. The highest BCUT2D eigenvalue weighted by atomic mass is 16.6. The number of amides is 1. The zero-order valence-corrected chi connectivity index (χ0v) is 16.3. The Morgan fingerprint density at radius 2 is 1.79 bits per heavy atom. The number of fused-ring (bicyclic) bond motifs is 2. The Hall–Kier alpha value is -0.990.